The molecule has 2 saturated heterocycles. The van der Waals surface area contributed by atoms with E-state index in [2.05, 4.69) is 32.7 Å². The summed E-state index contributed by atoms with van der Waals surface area (Å²) in [4.78, 5) is 18.0. The number of thiophene rings is 1. The zero-order valence-corrected chi connectivity index (χ0v) is 12.8. The van der Waals surface area contributed by atoms with Crippen LogP contribution in [0, 0.1) is 0 Å². The van der Waals surface area contributed by atoms with Crippen LogP contribution in [-0.2, 0) is 0 Å². The van der Waals surface area contributed by atoms with Crippen LogP contribution in [0.25, 0.3) is 0 Å². The van der Waals surface area contributed by atoms with Gasteiger partial charge in [0.15, 0.2) is 0 Å². The van der Waals surface area contributed by atoms with Crippen molar-refractivity contribution in [3.63, 3.8) is 0 Å². The first kappa shape index (κ1) is 12.6. The number of piperazine rings is 1. The summed E-state index contributed by atoms with van der Waals surface area (Å²) in [6, 6.07) is 4.79. The maximum atomic E-state index is 12.5. The molecule has 0 bridgehead atoms. The van der Waals surface area contributed by atoms with Crippen LogP contribution in [-0.4, -0.2) is 47.4 Å². The summed E-state index contributed by atoms with van der Waals surface area (Å²) < 4.78 is 1.03. The molecule has 3 rings (SSSR count). The van der Waals surface area contributed by atoms with E-state index in [1.807, 2.05) is 12.1 Å². The Hall–Kier alpha value is -0.390. The summed E-state index contributed by atoms with van der Waals surface area (Å²) in [5.41, 5.74) is 0. The Bertz CT molecular complexity index is 462. The highest BCUT2D eigenvalue weighted by Gasteiger charge is 2.36. The fourth-order valence-corrected chi connectivity index (χ4v) is 4.38. The third-order valence-corrected chi connectivity index (χ3v) is 5.59. The first-order valence-electron chi connectivity index (χ1n) is 6.45. The normalized spacial score (nSPS) is 28.4. The number of amides is 1. The SMILES string of the molecule is C[C@H]1CN2CCC[C@@H]2CN1C(=O)c1ccc(Br)s1. The van der Waals surface area contributed by atoms with Gasteiger partial charge in [0.2, 0.25) is 0 Å². The zero-order chi connectivity index (χ0) is 12.7. The van der Waals surface area contributed by atoms with Gasteiger partial charge in [-0.1, -0.05) is 0 Å². The molecule has 0 saturated carbocycles. The maximum absolute atomic E-state index is 12.5. The molecule has 0 aromatic carbocycles. The van der Waals surface area contributed by atoms with E-state index in [1.54, 1.807) is 0 Å². The first-order chi connectivity index (χ1) is 8.65. The Morgan fingerprint density at radius 1 is 1.44 bits per heavy atom. The van der Waals surface area contributed by atoms with Gasteiger partial charge in [0.25, 0.3) is 5.91 Å². The number of carbonyl (C=O) groups is 1. The van der Waals surface area contributed by atoms with Crippen molar-refractivity contribution in [1.82, 2.24) is 9.80 Å². The Morgan fingerprint density at radius 2 is 2.28 bits per heavy atom. The molecule has 18 heavy (non-hydrogen) atoms. The Balaban J connectivity index is 1.77. The van der Waals surface area contributed by atoms with Gasteiger partial charge in [-0.05, 0) is 54.4 Å². The van der Waals surface area contributed by atoms with Crippen molar-refractivity contribution >= 4 is 33.2 Å². The molecule has 1 aromatic heterocycles. The van der Waals surface area contributed by atoms with E-state index in [9.17, 15) is 4.79 Å². The molecule has 2 aliphatic rings. The highest BCUT2D eigenvalue weighted by atomic mass is 79.9. The van der Waals surface area contributed by atoms with E-state index in [0.29, 0.717) is 12.1 Å². The summed E-state index contributed by atoms with van der Waals surface area (Å²) in [6.07, 6.45) is 2.52. The predicted octanol–water partition coefficient (Wildman–Crippen LogP) is 2.82. The standard InChI is InChI=1S/C13H17BrN2OS/c1-9-7-15-6-2-3-10(15)8-16(9)13(17)11-4-5-12(14)18-11/h4-5,9-10H,2-3,6-8H2,1H3/t9-,10+/m0/s1. The molecule has 0 radical (unpaired) electrons. The van der Waals surface area contributed by atoms with Crippen LogP contribution < -0.4 is 0 Å². The minimum absolute atomic E-state index is 0.199. The van der Waals surface area contributed by atoms with Gasteiger partial charge < -0.3 is 4.90 Å². The van der Waals surface area contributed by atoms with Gasteiger partial charge in [0.1, 0.15) is 0 Å². The molecule has 2 atom stereocenters. The van der Waals surface area contributed by atoms with E-state index >= 15 is 0 Å². The Labute approximate surface area is 120 Å². The molecule has 0 unspecified atom stereocenters. The molecule has 1 aromatic rings. The number of hydrogen-bond acceptors (Lipinski definition) is 3. The van der Waals surface area contributed by atoms with E-state index in [4.69, 9.17) is 0 Å². The summed E-state index contributed by atoms with van der Waals surface area (Å²) in [5, 5.41) is 0. The second-order valence-corrected chi connectivity index (χ2v) is 7.66. The van der Waals surface area contributed by atoms with Crippen LogP contribution in [0.2, 0.25) is 0 Å². The fraction of sp³-hybridized carbons (Fsp3) is 0.615. The van der Waals surface area contributed by atoms with Crippen molar-refractivity contribution in [2.45, 2.75) is 31.8 Å². The fourth-order valence-electron chi connectivity index (χ4n) is 3.04. The van der Waals surface area contributed by atoms with Crippen LogP contribution in [0.3, 0.4) is 0 Å². The summed E-state index contributed by atoms with van der Waals surface area (Å²) >= 11 is 4.95. The lowest BCUT2D eigenvalue weighted by Crippen LogP contribution is -2.56. The van der Waals surface area contributed by atoms with Crippen molar-refractivity contribution < 1.29 is 4.79 Å². The third-order valence-electron chi connectivity index (χ3n) is 3.98. The van der Waals surface area contributed by atoms with Gasteiger partial charge in [-0.15, -0.1) is 11.3 Å². The predicted molar refractivity (Wildman–Crippen MR) is 77.1 cm³/mol. The number of rotatable bonds is 1. The third kappa shape index (κ3) is 2.24. The van der Waals surface area contributed by atoms with Crippen LogP contribution in [0.1, 0.15) is 29.4 Å². The highest BCUT2D eigenvalue weighted by Crippen LogP contribution is 2.28. The number of halogens is 1. The first-order valence-corrected chi connectivity index (χ1v) is 8.06. The zero-order valence-electron chi connectivity index (χ0n) is 10.4. The molecule has 3 heterocycles. The monoisotopic (exact) mass is 328 g/mol. The number of nitrogens with zero attached hydrogens (tertiary/aromatic N) is 2. The van der Waals surface area contributed by atoms with Crippen molar-refractivity contribution in [2.75, 3.05) is 19.6 Å². The summed E-state index contributed by atoms with van der Waals surface area (Å²) in [7, 11) is 0. The Morgan fingerprint density at radius 3 is 3.00 bits per heavy atom. The minimum atomic E-state index is 0.199. The van der Waals surface area contributed by atoms with Crippen LogP contribution in [0.5, 0.6) is 0 Å². The lowest BCUT2D eigenvalue weighted by Gasteiger charge is -2.42. The smallest absolute Gasteiger partial charge is 0.264 e. The molecule has 5 heteroatoms. The molecule has 98 valence electrons. The average molecular weight is 329 g/mol. The van der Waals surface area contributed by atoms with Gasteiger partial charge in [0, 0.05) is 25.2 Å². The maximum Gasteiger partial charge on any atom is 0.264 e. The van der Waals surface area contributed by atoms with Gasteiger partial charge in [0.05, 0.1) is 8.66 Å². The van der Waals surface area contributed by atoms with Gasteiger partial charge in [-0.2, -0.15) is 0 Å². The van der Waals surface area contributed by atoms with Crippen molar-refractivity contribution in [1.29, 1.82) is 0 Å². The lowest BCUT2D eigenvalue weighted by atomic mass is 10.1. The van der Waals surface area contributed by atoms with Crippen LogP contribution in [0.15, 0.2) is 15.9 Å². The Kier molecular flexibility index (Phi) is 3.47. The molecule has 0 aliphatic carbocycles. The van der Waals surface area contributed by atoms with E-state index in [-0.39, 0.29) is 5.91 Å². The molecule has 0 N–H and O–H groups in total. The van der Waals surface area contributed by atoms with Crippen LogP contribution >= 0.6 is 27.3 Å². The van der Waals surface area contributed by atoms with Crippen molar-refractivity contribution in [3.05, 3.63) is 20.8 Å². The van der Waals surface area contributed by atoms with Crippen molar-refractivity contribution in [3.8, 4) is 0 Å². The van der Waals surface area contributed by atoms with E-state index < -0.39 is 0 Å². The highest BCUT2D eigenvalue weighted by molar-refractivity contribution is 9.11. The minimum Gasteiger partial charge on any atom is -0.332 e. The topological polar surface area (TPSA) is 23.6 Å². The molecular formula is C13H17BrN2OS. The molecule has 1 amide bonds. The van der Waals surface area contributed by atoms with Crippen LogP contribution in [0.4, 0.5) is 0 Å². The average Bonchev–Trinajstić information content (AvgIpc) is 2.95. The second-order valence-electron chi connectivity index (χ2n) is 5.20. The molecule has 2 aliphatic heterocycles. The molecule has 0 spiro atoms. The van der Waals surface area contributed by atoms with Gasteiger partial charge in [-0.3, -0.25) is 9.69 Å². The summed E-state index contributed by atoms with van der Waals surface area (Å²) in [5.74, 6) is 0.199. The van der Waals surface area contributed by atoms with E-state index in [1.165, 1.54) is 30.7 Å². The number of fused-ring (bicyclic) bond motifs is 1. The second kappa shape index (κ2) is 4.94. The number of hydrogen-bond donors (Lipinski definition) is 0. The van der Waals surface area contributed by atoms with Gasteiger partial charge in [-0.25, -0.2) is 0 Å². The largest absolute Gasteiger partial charge is 0.332 e. The van der Waals surface area contributed by atoms with E-state index in [0.717, 1.165) is 21.8 Å². The molecular weight excluding hydrogens is 312 g/mol. The summed E-state index contributed by atoms with van der Waals surface area (Å²) in [6.45, 7) is 5.30. The lowest BCUT2D eigenvalue weighted by molar-refractivity contribution is 0.0400. The van der Waals surface area contributed by atoms with Crippen molar-refractivity contribution in [2.24, 2.45) is 0 Å². The number of carbonyl (C=O) groups excluding carboxylic acids is 1. The van der Waals surface area contributed by atoms with Gasteiger partial charge >= 0.3 is 0 Å². The quantitative estimate of drug-likeness (QED) is 0.791. The molecule has 3 nitrogen and oxygen atoms in total. The molecule has 2 fully saturated rings.